The van der Waals surface area contributed by atoms with Gasteiger partial charge in [0.15, 0.2) is 0 Å². The van der Waals surface area contributed by atoms with Gasteiger partial charge in [-0.25, -0.2) is 0 Å². The predicted octanol–water partition coefficient (Wildman–Crippen LogP) is 0.798. The monoisotopic (exact) mass is 281 g/mol. The molecule has 5 heteroatoms. The molecule has 0 aromatic heterocycles. The molecule has 1 atom stereocenters. The molecule has 0 radical (unpaired) electrons. The lowest BCUT2D eigenvalue weighted by atomic mass is 9.78. The van der Waals surface area contributed by atoms with E-state index in [0.717, 1.165) is 32.4 Å². The second kappa shape index (κ2) is 5.72. The predicted molar refractivity (Wildman–Crippen MR) is 78.3 cm³/mol. The minimum atomic E-state index is -0.293. The third kappa shape index (κ3) is 2.82. The molecular formula is C15H27N3O2. The normalized spacial score (nSPS) is 27.2. The van der Waals surface area contributed by atoms with Crippen molar-refractivity contribution in [3.8, 4) is 0 Å². The van der Waals surface area contributed by atoms with E-state index in [0.29, 0.717) is 19.1 Å². The molecule has 2 aliphatic rings. The number of carbonyl (C=O) groups is 2. The molecular weight excluding hydrogens is 254 g/mol. The molecule has 1 spiro atoms. The zero-order valence-corrected chi connectivity index (χ0v) is 13.2. The highest BCUT2D eigenvalue weighted by atomic mass is 16.2. The third-order valence-electron chi connectivity index (χ3n) is 4.92. The number of likely N-dealkylation sites (N-methyl/N-ethyl adjacent to an activating group) is 1. The van der Waals surface area contributed by atoms with Crippen LogP contribution in [-0.4, -0.2) is 72.8 Å². The quantitative estimate of drug-likeness (QED) is 0.768. The lowest BCUT2D eigenvalue weighted by Gasteiger charge is -2.39. The second-order valence-electron chi connectivity index (χ2n) is 6.68. The van der Waals surface area contributed by atoms with Gasteiger partial charge in [-0.15, -0.1) is 0 Å². The summed E-state index contributed by atoms with van der Waals surface area (Å²) in [6.07, 6.45) is 2.77. The molecule has 2 saturated heterocycles. The molecule has 2 amide bonds. The van der Waals surface area contributed by atoms with E-state index in [1.54, 1.807) is 0 Å². The summed E-state index contributed by atoms with van der Waals surface area (Å²) in [6, 6.07) is 0.358. The lowest BCUT2D eigenvalue weighted by molar-refractivity contribution is -0.143. The van der Waals surface area contributed by atoms with Gasteiger partial charge in [0.25, 0.3) is 0 Å². The van der Waals surface area contributed by atoms with E-state index >= 15 is 0 Å². The fourth-order valence-corrected chi connectivity index (χ4v) is 3.21. The Balaban J connectivity index is 2.00. The van der Waals surface area contributed by atoms with Crippen molar-refractivity contribution in [2.45, 2.75) is 39.2 Å². The summed E-state index contributed by atoms with van der Waals surface area (Å²) in [5, 5.41) is 0. The molecule has 2 aliphatic heterocycles. The molecule has 0 aromatic carbocycles. The Kier molecular flexibility index (Phi) is 4.37. The van der Waals surface area contributed by atoms with Gasteiger partial charge in [-0.2, -0.15) is 0 Å². The molecule has 20 heavy (non-hydrogen) atoms. The van der Waals surface area contributed by atoms with Crippen molar-refractivity contribution in [1.29, 1.82) is 0 Å². The molecule has 114 valence electrons. The number of amides is 2. The van der Waals surface area contributed by atoms with Crippen LogP contribution in [0.1, 0.15) is 33.1 Å². The lowest BCUT2D eigenvalue weighted by Crippen LogP contribution is -2.51. The molecule has 5 nitrogen and oxygen atoms in total. The van der Waals surface area contributed by atoms with Crippen molar-refractivity contribution in [1.82, 2.24) is 14.7 Å². The van der Waals surface area contributed by atoms with Crippen LogP contribution in [0.3, 0.4) is 0 Å². The van der Waals surface area contributed by atoms with Gasteiger partial charge in [0.1, 0.15) is 0 Å². The molecule has 1 unspecified atom stereocenters. The van der Waals surface area contributed by atoms with E-state index < -0.39 is 0 Å². The van der Waals surface area contributed by atoms with Crippen molar-refractivity contribution in [3.05, 3.63) is 0 Å². The van der Waals surface area contributed by atoms with Crippen LogP contribution in [0.25, 0.3) is 0 Å². The van der Waals surface area contributed by atoms with Crippen LogP contribution in [0.2, 0.25) is 0 Å². The average Bonchev–Trinajstić information content (AvgIpc) is 2.67. The van der Waals surface area contributed by atoms with Crippen LogP contribution in [0.5, 0.6) is 0 Å². The number of likely N-dealkylation sites (tertiary alicyclic amines) is 2. The van der Waals surface area contributed by atoms with Crippen LogP contribution in [0.4, 0.5) is 0 Å². The van der Waals surface area contributed by atoms with E-state index in [9.17, 15) is 9.59 Å². The Hall–Kier alpha value is -1.10. The van der Waals surface area contributed by atoms with Crippen molar-refractivity contribution in [3.63, 3.8) is 0 Å². The van der Waals surface area contributed by atoms with E-state index in [1.165, 1.54) is 0 Å². The topological polar surface area (TPSA) is 43.9 Å². The van der Waals surface area contributed by atoms with Crippen molar-refractivity contribution < 1.29 is 9.59 Å². The molecule has 0 aliphatic carbocycles. The first kappa shape index (κ1) is 15.3. The number of rotatable bonds is 3. The van der Waals surface area contributed by atoms with Crippen molar-refractivity contribution in [2.24, 2.45) is 5.41 Å². The standard InChI is InChI=1S/C15H27N3O2/c1-12(2)17(4)10-13(19)18-8-5-6-15(11-18)7-9-16(3)14(15)20/h12H,5-11H2,1-4H3. The van der Waals surface area contributed by atoms with Crippen LogP contribution in [0.15, 0.2) is 0 Å². The molecule has 2 rings (SSSR count). The number of carbonyl (C=O) groups excluding carboxylic acids is 2. The zero-order valence-electron chi connectivity index (χ0n) is 13.2. The first-order chi connectivity index (χ1) is 9.35. The molecule has 0 bridgehead atoms. The van der Waals surface area contributed by atoms with Gasteiger partial charge in [0, 0.05) is 32.7 Å². The summed E-state index contributed by atoms with van der Waals surface area (Å²) in [5.41, 5.74) is -0.293. The minimum absolute atomic E-state index is 0.155. The fraction of sp³-hybridized carbons (Fsp3) is 0.867. The number of piperidine rings is 1. The van der Waals surface area contributed by atoms with Gasteiger partial charge in [-0.3, -0.25) is 14.5 Å². The maximum Gasteiger partial charge on any atom is 0.236 e. The first-order valence-corrected chi connectivity index (χ1v) is 7.59. The van der Waals surface area contributed by atoms with Crippen molar-refractivity contribution in [2.75, 3.05) is 40.3 Å². The van der Waals surface area contributed by atoms with Gasteiger partial charge in [-0.05, 0) is 40.2 Å². The highest BCUT2D eigenvalue weighted by Crippen LogP contribution is 2.39. The molecule has 2 heterocycles. The van der Waals surface area contributed by atoms with Crippen LogP contribution in [0, 0.1) is 5.41 Å². The molecule has 2 fully saturated rings. The summed E-state index contributed by atoms with van der Waals surface area (Å²) in [6.45, 7) is 6.84. The zero-order chi connectivity index (χ0) is 14.9. The Morgan fingerprint density at radius 3 is 2.60 bits per heavy atom. The van der Waals surface area contributed by atoms with Crippen LogP contribution in [-0.2, 0) is 9.59 Å². The first-order valence-electron chi connectivity index (χ1n) is 7.59. The Bertz CT molecular complexity index is 393. The van der Waals surface area contributed by atoms with E-state index in [4.69, 9.17) is 0 Å². The van der Waals surface area contributed by atoms with Gasteiger partial charge in [0.2, 0.25) is 11.8 Å². The van der Waals surface area contributed by atoms with E-state index in [1.807, 2.05) is 28.8 Å². The number of nitrogens with zero attached hydrogens (tertiary/aromatic N) is 3. The second-order valence-corrected chi connectivity index (χ2v) is 6.68. The van der Waals surface area contributed by atoms with Gasteiger partial charge in [0.05, 0.1) is 12.0 Å². The Morgan fingerprint density at radius 2 is 2.05 bits per heavy atom. The van der Waals surface area contributed by atoms with Gasteiger partial charge < -0.3 is 9.80 Å². The van der Waals surface area contributed by atoms with Crippen LogP contribution >= 0.6 is 0 Å². The molecule has 0 N–H and O–H groups in total. The fourth-order valence-electron chi connectivity index (χ4n) is 3.21. The SMILES string of the molecule is CC(C)N(C)CC(=O)N1CCCC2(CCN(C)C2=O)C1. The Labute approximate surface area is 121 Å². The molecule has 0 saturated carbocycles. The highest BCUT2D eigenvalue weighted by Gasteiger charge is 2.48. The summed E-state index contributed by atoms with van der Waals surface area (Å²) in [7, 11) is 3.83. The average molecular weight is 281 g/mol. The largest absolute Gasteiger partial charge is 0.345 e. The Morgan fingerprint density at radius 1 is 1.35 bits per heavy atom. The van der Waals surface area contributed by atoms with Crippen LogP contribution < -0.4 is 0 Å². The van der Waals surface area contributed by atoms with E-state index in [2.05, 4.69) is 13.8 Å². The van der Waals surface area contributed by atoms with Gasteiger partial charge >= 0.3 is 0 Å². The summed E-state index contributed by atoms with van der Waals surface area (Å²) >= 11 is 0. The number of hydrogen-bond acceptors (Lipinski definition) is 3. The maximum absolute atomic E-state index is 12.4. The third-order valence-corrected chi connectivity index (χ3v) is 4.92. The summed E-state index contributed by atoms with van der Waals surface area (Å²) in [5.74, 6) is 0.384. The maximum atomic E-state index is 12.4. The number of hydrogen-bond donors (Lipinski definition) is 0. The molecule has 0 aromatic rings. The smallest absolute Gasteiger partial charge is 0.236 e. The summed E-state index contributed by atoms with van der Waals surface area (Å²) < 4.78 is 0. The van der Waals surface area contributed by atoms with Gasteiger partial charge in [-0.1, -0.05) is 0 Å². The van der Waals surface area contributed by atoms with E-state index in [-0.39, 0.29) is 17.2 Å². The minimum Gasteiger partial charge on any atom is -0.345 e. The van der Waals surface area contributed by atoms with Crippen molar-refractivity contribution >= 4 is 11.8 Å². The summed E-state index contributed by atoms with van der Waals surface area (Å²) in [4.78, 5) is 30.5. The highest BCUT2D eigenvalue weighted by molar-refractivity contribution is 5.86.